The molecule has 0 N–H and O–H groups in total. The van der Waals surface area contributed by atoms with E-state index in [4.69, 9.17) is 32.7 Å². The van der Waals surface area contributed by atoms with Crippen molar-refractivity contribution in [3.8, 4) is 11.5 Å². The van der Waals surface area contributed by atoms with Crippen molar-refractivity contribution in [2.75, 3.05) is 6.61 Å². The topological polar surface area (TPSA) is 35.5 Å². The number of carbonyl (C=O) groups is 1. The molecule has 3 rings (SSSR count). The smallest absolute Gasteiger partial charge is 0.342 e. The second-order valence-electron chi connectivity index (χ2n) is 4.46. The maximum atomic E-state index is 12.2. The minimum Gasteiger partial charge on any atom is -0.488 e. The molecule has 0 spiro atoms. The van der Waals surface area contributed by atoms with Gasteiger partial charge in [-0.05, 0) is 24.3 Å². The second-order valence-corrected chi connectivity index (χ2v) is 5.30. The van der Waals surface area contributed by atoms with Gasteiger partial charge >= 0.3 is 5.97 Å². The minimum atomic E-state index is -0.506. The van der Waals surface area contributed by atoms with E-state index in [0.717, 1.165) is 11.3 Å². The molecule has 2 aromatic carbocycles. The van der Waals surface area contributed by atoms with Crippen molar-refractivity contribution in [2.45, 2.75) is 0 Å². The lowest BCUT2D eigenvalue weighted by atomic mass is 10.1. The van der Waals surface area contributed by atoms with Crippen molar-refractivity contribution < 1.29 is 14.3 Å². The third kappa shape index (κ3) is 3.04. The van der Waals surface area contributed by atoms with Crippen LogP contribution < -0.4 is 9.47 Å². The van der Waals surface area contributed by atoms with E-state index in [9.17, 15) is 4.79 Å². The lowest BCUT2D eigenvalue weighted by Gasteiger charge is -2.17. The van der Waals surface area contributed by atoms with Crippen molar-refractivity contribution >= 4 is 35.2 Å². The summed E-state index contributed by atoms with van der Waals surface area (Å²) in [5.41, 5.74) is 1.26. The second kappa shape index (κ2) is 5.80. The van der Waals surface area contributed by atoms with E-state index in [0.29, 0.717) is 15.6 Å². The Bertz CT molecular complexity index is 738. The van der Waals surface area contributed by atoms with Gasteiger partial charge in [0.1, 0.15) is 12.4 Å². The van der Waals surface area contributed by atoms with Crippen LogP contribution in [0.15, 0.2) is 48.0 Å². The molecule has 1 aliphatic heterocycles. The fourth-order valence-corrected chi connectivity index (χ4v) is 2.27. The van der Waals surface area contributed by atoms with Crippen LogP contribution >= 0.6 is 23.2 Å². The van der Waals surface area contributed by atoms with Gasteiger partial charge in [0.25, 0.3) is 0 Å². The van der Waals surface area contributed by atoms with E-state index in [1.807, 2.05) is 24.3 Å². The molecule has 0 amide bonds. The van der Waals surface area contributed by atoms with Crippen molar-refractivity contribution in [3.63, 3.8) is 0 Å². The maximum Gasteiger partial charge on any atom is 0.342 e. The molecule has 0 radical (unpaired) electrons. The first-order valence-corrected chi connectivity index (χ1v) is 6.99. The Kier molecular flexibility index (Phi) is 3.86. The van der Waals surface area contributed by atoms with Crippen LogP contribution in [0, 0.1) is 0 Å². The van der Waals surface area contributed by atoms with Gasteiger partial charge in [-0.15, -0.1) is 0 Å². The molecule has 0 unspecified atom stereocenters. The Morgan fingerprint density at radius 2 is 1.95 bits per heavy atom. The number of benzene rings is 2. The standard InChI is InChI=1S/C16H10Cl2O3/c17-12-5-6-13(18)15(8-12)21-16(19)11-7-10-3-1-2-4-14(10)20-9-11/h1-8H,9H2. The molecule has 3 nitrogen and oxygen atoms in total. The first-order valence-electron chi connectivity index (χ1n) is 6.23. The lowest BCUT2D eigenvalue weighted by molar-refractivity contribution is -0.130. The summed E-state index contributed by atoms with van der Waals surface area (Å²) in [6.07, 6.45) is 1.75. The lowest BCUT2D eigenvalue weighted by Crippen LogP contribution is -2.19. The van der Waals surface area contributed by atoms with E-state index in [1.54, 1.807) is 18.2 Å². The minimum absolute atomic E-state index is 0.161. The van der Waals surface area contributed by atoms with Gasteiger partial charge < -0.3 is 9.47 Å². The summed E-state index contributed by atoms with van der Waals surface area (Å²) >= 11 is 11.8. The van der Waals surface area contributed by atoms with Gasteiger partial charge in [0, 0.05) is 16.7 Å². The maximum absolute atomic E-state index is 12.2. The first-order chi connectivity index (χ1) is 10.1. The number of esters is 1. The van der Waals surface area contributed by atoms with Crippen molar-refractivity contribution in [2.24, 2.45) is 0 Å². The highest BCUT2D eigenvalue weighted by atomic mass is 35.5. The zero-order valence-electron chi connectivity index (χ0n) is 10.8. The first kappa shape index (κ1) is 14.0. The number of para-hydroxylation sites is 1. The number of ether oxygens (including phenoxy) is 2. The summed E-state index contributed by atoms with van der Waals surface area (Å²) in [7, 11) is 0. The summed E-state index contributed by atoms with van der Waals surface area (Å²) in [5, 5.41) is 0.770. The molecule has 5 heteroatoms. The normalized spacial score (nSPS) is 13.0. The summed E-state index contributed by atoms with van der Waals surface area (Å²) in [5.74, 6) is 0.470. The molecule has 1 heterocycles. The van der Waals surface area contributed by atoms with E-state index < -0.39 is 5.97 Å². The number of fused-ring (bicyclic) bond motifs is 1. The predicted octanol–water partition coefficient (Wildman–Crippen LogP) is 4.37. The van der Waals surface area contributed by atoms with Gasteiger partial charge in [-0.25, -0.2) is 4.79 Å². The highest BCUT2D eigenvalue weighted by Crippen LogP contribution is 2.30. The van der Waals surface area contributed by atoms with Crippen LogP contribution in [0.3, 0.4) is 0 Å². The van der Waals surface area contributed by atoms with Crippen LogP contribution in [-0.4, -0.2) is 12.6 Å². The zero-order valence-corrected chi connectivity index (χ0v) is 12.3. The average Bonchev–Trinajstić information content (AvgIpc) is 2.50. The highest BCUT2D eigenvalue weighted by Gasteiger charge is 2.19. The number of rotatable bonds is 2. The van der Waals surface area contributed by atoms with Gasteiger partial charge in [0.2, 0.25) is 0 Å². The van der Waals surface area contributed by atoms with Crippen LogP contribution in [-0.2, 0) is 4.79 Å². The summed E-state index contributed by atoms with van der Waals surface area (Å²) in [6.45, 7) is 0.161. The molecule has 0 saturated carbocycles. The Hall–Kier alpha value is -1.97. The van der Waals surface area contributed by atoms with Crippen molar-refractivity contribution in [3.05, 3.63) is 63.6 Å². The predicted molar refractivity (Wildman–Crippen MR) is 82.0 cm³/mol. The van der Waals surface area contributed by atoms with Crippen molar-refractivity contribution in [1.29, 1.82) is 0 Å². The van der Waals surface area contributed by atoms with Gasteiger partial charge in [-0.3, -0.25) is 0 Å². The Morgan fingerprint density at radius 1 is 1.14 bits per heavy atom. The molecule has 1 aliphatic rings. The van der Waals surface area contributed by atoms with Gasteiger partial charge in [-0.1, -0.05) is 41.4 Å². The molecule has 0 atom stereocenters. The van der Waals surface area contributed by atoms with Crippen LogP contribution in [0.5, 0.6) is 11.5 Å². The summed E-state index contributed by atoms with van der Waals surface area (Å²) < 4.78 is 10.8. The molecule has 2 aromatic rings. The fourth-order valence-electron chi connectivity index (χ4n) is 1.95. The highest BCUT2D eigenvalue weighted by molar-refractivity contribution is 6.34. The fraction of sp³-hybridized carbons (Fsp3) is 0.0625. The van der Waals surface area contributed by atoms with Crippen LogP contribution in [0.1, 0.15) is 5.56 Å². The van der Waals surface area contributed by atoms with Crippen molar-refractivity contribution in [1.82, 2.24) is 0 Å². The largest absolute Gasteiger partial charge is 0.488 e. The van der Waals surface area contributed by atoms with Crippen LogP contribution in [0.4, 0.5) is 0 Å². The monoisotopic (exact) mass is 320 g/mol. The van der Waals surface area contributed by atoms with Gasteiger partial charge in [0.05, 0.1) is 10.6 Å². The average molecular weight is 321 g/mol. The number of hydrogen-bond donors (Lipinski definition) is 0. The third-order valence-corrected chi connectivity index (χ3v) is 3.54. The van der Waals surface area contributed by atoms with E-state index >= 15 is 0 Å². The Balaban J connectivity index is 1.84. The van der Waals surface area contributed by atoms with Crippen LogP contribution in [0.2, 0.25) is 10.0 Å². The molecular weight excluding hydrogens is 311 g/mol. The molecular formula is C16H10Cl2O3. The Morgan fingerprint density at radius 3 is 2.81 bits per heavy atom. The Labute approximate surface area is 131 Å². The molecule has 0 aromatic heterocycles. The van der Waals surface area contributed by atoms with E-state index in [2.05, 4.69) is 0 Å². The molecule has 0 aliphatic carbocycles. The quantitative estimate of drug-likeness (QED) is 0.608. The number of halogens is 2. The van der Waals surface area contributed by atoms with Gasteiger partial charge in [0.15, 0.2) is 5.75 Å². The van der Waals surface area contributed by atoms with Crippen LogP contribution in [0.25, 0.3) is 6.08 Å². The SMILES string of the molecule is O=C(Oc1cc(Cl)ccc1Cl)C1=Cc2ccccc2OC1. The molecule has 0 fully saturated rings. The number of hydrogen-bond acceptors (Lipinski definition) is 3. The molecule has 0 saturated heterocycles. The number of carbonyl (C=O) groups excluding carboxylic acids is 1. The van der Waals surface area contributed by atoms with E-state index in [1.165, 1.54) is 6.07 Å². The molecule has 0 bridgehead atoms. The summed E-state index contributed by atoms with van der Waals surface area (Å²) in [4.78, 5) is 12.2. The van der Waals surface area contributed by atoms with Gasteiger partial charge in [-0.2, -0.15) is 0 Å². The third-order valence-electron chi connectivity index (χ3n) is 2.99. The zero-order chi connectivity index (χ0) is 14.8. The summed E-state index contributed by atoms with van der Waals surface area (Å²) in [6, 6.07) is 12.2. The van der Waals surface area contributed by atoms with E-state index in [-0.39, 0.29) is 12.4 Å². The molecule has 106 valence electrons. The molecule has 21 heavy (non-hydrogen) atoms.